The summed E-state index contributed by atoms with van der Waals surface area (Å²) < 4.78 is 0. The highest BCUT2D eigenvalue weighted by atomic mass is 15.4. The lowest BCUT2D eigenvalue weighted by Crippen LogP contribution is -2.36. The number of rotatable bonds is 2. The Bertz CT molecular complexity index is 363. The summed E-state index contributed by atoms with van der Waals surface area (Å²) in [5.74, 6) is 1.83. The quantitative estimate of drug-likeness (QED) is 0.765. The van der Waals surface area contributed by atoms with Gasteiger partial charge in [-0.1, -0.05) is 13.8 Å². The predicted octanol–water partition coefficient (Wildman–Crippen LogP) is 1.29. The van der Waals surface area contributed by atoms with Gasteiger partial charge in [-0.05, 0) is 12.8 Å². The maximum absolute atomic E-state index is 5.59. The number of nitrogens with one attached hydrogen (secondary N) is 1. The first-order chi connectivity index (χ1) is 7.09. The molecule has 1 atom stereocenters. The first-order valence-electron chi connectivity index (χ1n) is 5.22. The lowest BCUT2D eigenvalue weighted by Gasteiger charge is -2.28. The van der Waals surface area contributed by atoms with Gasteiger partial charge in [0, 0.05) is 6.04 Å². The molecule has 1 aromatic heterocycles. The normalized spacial score (nSPS) is 16.4. The predicted molar refractivity (Wildman–Crippen MR) is 61.7 cm³/mol. The molecule has 2 heterocycles. The summed E-state index contributed by atoms with van der Waals surface area (Å²) in [5, 5.41) is 3.26. The van der Waals surface area contributed by atoms with Crippen LogP contribution in [0.5, 0.6) is 0 Å². The Balaban J connectivity index is 2.31. The molecule has 0 fully saturated rings. The number of fused-ring (bicyclic) bond motifs is 1. The van der Waals surface area contributed by atoms with Gasteiger partial charge in [-0.3, -0.25) is 0 Å². The number of anilines is 3. The van der Waals surface area contributed by atoms with E-state index in [9.17, 15) is 0 Å². The van der Waals surface area contributed by atoms with Gasteiger partial charge in [0.25, 0.3) is 0 Å². The van der Waals surface area contributed by atoms with E-state index in [1.54, 1.807) is 6.20 Å². The fourth-order valence-electron chi connectivity index (χ4n) is 1.67. The molecular weight excluding hydrogens is 190 g/mol. The molecule has 2 rings (SSSR count). The smallest absolute Gasteiger partial charge is 0.222 e. The lowest BCUT2D eigenvalue weighted by molar-refractivity contribution is 0.494. The molecule has 0 spiro atoms. The summed E-state index contributed by atoms with van der Waals surface area (Å²) >= 11 is 0. The van der Waals surface area contributed by atoms with E-state index in [1.807, 2.05) is 0 Å². The monoisotopic (exact) mass is 207 g/mol. The van der Waals surface area contributed by atoms with Crippen molar-refractivity contribution in [2.24, 2.45) is 5.92 Å². The van der Waals surface area contributed by atoms with E-state index in [4.69, 9.17) is 5.73 Å². The third-order valence-electron chi connectivity index (χ3n) is 2.96. The fraction of sp³-hybridized carbons (Fsp3) is 0.600. The van der Waals surface area contributed by atoms with Gasteiger partial charge in [-0.2, -0.15) is 4.98 Å². The summed E-state index contributed by atoms with van der Waals surface area (Å²) in [5.41, 5.74) is 6.56. The Hall–Kier alpha value is -1.52. The zero-order valence-electron chi connectivity index (χ0n) is 9.36. The van der Waals surface area contributed by atoms with E-state index >= 15 is 0 Å². The molecule has 0 saturated heterocycles. The van der Waals surface area contributed by atoms with Gasteiger partial charge in [0.1, 0.15) is 0 Å². The van der Waals surface area contributed by atoms with Crippen molar-refractivity contribution in [2.75, 3.05) is 22.6 Å². The van der Waals surface area contributed by atoms with E-state index < -0.39 is 0 Å². The van der Waals surface area contributed by atoms with Crippen LogP contribution in [0.3, 0.4) is 0 Å². The largest absolute Gasteiger partial charge is 0.368 e. The zero-order valence-corrected chi connectivity index (χ0v) is 9.36. The van der Waals surface area contributed by atoms with E-state index in [0.29, 0.717) is 17.9 Å². The minimum atomic E-state index is 0.332. The Morgan fingerprint density at radius 2 is 2.20 bits per heavy atom. The van der Waals surface area contributed by atoms with Crippen LogP contribution in [0.2, 0.25) is 0 Å². The molecule has 1 unspecified atom stereocenters. The molecule has 0 amide bonds. The highest BCUT2D eigenvalue weighted by Gasteiger charge is 2.26. The van der Waals surface area contributed by atoms with Crippen molar-refractivity contribution in [1.29, 1.82) is 0 Å². The van der Waals surface area contributed by atoms with Crippen LogP contribution >= 0.6 is 0 Å². The topological polar surface area (TPSA) is 67.1 Å². The van der Waals surface area contributed by atoms with Crippen LogP contribution in [0.4, 0.5) is 17.5 Å². The molecule has 0 saturated carbocycles. The van der Waals surface area contributed by atoms with Crippen molar-refractivity contribution in [3.05, 3.63) is 6.20 Å². The molecule has 5 nitrogen and oxygen atoms in total. The number of nitrogens with two attached hydrogens (primary N) is 1. The first-order valence-corrected chi connectivity index (χ1v) is 5.22. The van der Waals surface area contributed by atoms with E-state index in [2.05, 4.69) is 41.0 Å². The van der Waals surface area contributed by atoms with Crippen LogP contribution in [0.15, 0.2) is 6.20 Å². The molecule has 0 aliphatic carbocycles. The van der Waals surface area contributed by atoms with Gasteiger partial charge < -0.3 is 16.0 Å². The molecule has 0 radical (unpaired) electrons. The van der Waals surface area contributed by atoms with Crippen molar-refractivity contribution in [3.63, 3.8) is 0 Å². The Morgan fingerprint density at radius 1 is 1.47 bits per heavy atom. The summed E-state index contributed by atoms with van der Waals surface area (Å²) in [7, 11) is 0. The summed E-state index contributed by atoms with van der Waals surface area (Å²) in [4.78, 5) is 10.5. The second kappa shape index (κ2) is 3.56. The highest BCUT2D eigenvalue weighted by molar-refractivity contribution is 5.71. The summed E-state index contributed by atoms with van der Waals surface area (Å²) in [6.07, 6.45) is 1.74. The third-order valence-corrected chi connectivity index (χ3v) is 2.96. The molecule has 3 N–H and O–H groups in total. The second-order valence-corrected chi connectivity index (χ2v) is 4.25. The standard InChI is InChI=1S/C10H17N5/c1-6(2)7(3)15-5-13-8-4-12-10(11)14-9(8)15/h4,6-7,13H,5H2,1-3H3,(H2,11,12,14). The molecule has 1 aliphatic heterocycles. The van der Waals surface area contributed by atoms with Crippen LogP contribution in [0, 0.1) is 5.92 Å². The maximum Gasteiger partial charge on any atom is 0.222 e. The minimum Gasteiger partial charge on any atom is -0.368 e. The highest BCUT2D eigenvalue weighted by Crippen LogP contribution is 2.31. The van der Waals surface area contributed by atoms with E-state index in [-0.39, 0.29) is 0 Å². The minimum absolute atomic E-state index is 0.332. The van der Waals surface area contributed by atoms with Crippen LogP contribution in [0.1, 0.15) is 20.8 Å². The van der Waals surface area contributed by atoms with Crippen LogP contribution in [0.25, 0.3) is 0 Å². The maximum atomic E-state index is 5.59. The van der Waals surface area contributed by atoms with Crippen molar-refractivity contribution >= 4 is 17.5 Å². The number of nitrogen functional groups attached to an aromatic ring is 1. The molecular formula is C10H17N5. The van der Waals surface area contributed by atoms with Crippen molar-refractivity contribution in [2.45, 2.75) is 26.8 Å². The molecule has 5 heteroatoms. The van der Waals surface area contributed by atoms with E-state index in [0.717, 1.165) is 18.2 Å². The first kappa shape index (κ1) is 10.0. The van der Waals surface area contributed by atoms with Gasteiger partial charge in [0.2, 0.25) is 5.95 Å². The number of nitrogens with zero attached hydrogens (tertiary/aromatic N) is 3. The Kier molecular flexibility index (Phi) is 2.38. The fourth-order valence-corrected chi connectivity index (χ4v) is 1.67. The molecule has 1 aromatic rings. The number of hydrogen-bond acceptors (Lipinski definition) is 5. The summed E-state index contributed by atoms with van der Waals surface area (Å²) in [6.45, 7) is 7.38. The second-order valence-electron chi connectivity index (χ2n) is 4.25. The molecule has 0 bridgehead atoms. The van der Waals surface area contributed by atoms with Gasteiger partial charge in [0.15, 0.2) is 5.82 Å². The SMILES string of the molecule is CC(C)C(C)N1CNc2cnc(N)nc21. The molecule has 82 valence electrons. The van der Waals surface area contributed by atoms with Gasteiger partial charge >= 0.3 is 0 Å². The Morgan fingerprint density at radius 3 is 2.87 bits per heavy atom. The van der Waals surface area contributed by atoms with Crippen LogP contribution in [-0.4, -0.2) is 22.7 Å². The van der Waals surface area contributed by atoms with E-state index in [1.165, 1.54) is 0 Å². The third kappa shape index (κ3) is 1.69. The molecule has 1 aliphatic rings. The number of hydrogen-bond donors (Lipinski definition) is 2. The van der Waals surface area contributed by atoms with Crippen molar-refractivity contribution in [3.8, 4) is 0 Å². The van der Waals surface area contributed by atoms with Gasteiger partial charge in [0.05, 0.1) is 18.6 Å². The van der Waals surface area contributed by atoms with Gasteiger partial charge in [-0.15, -0.1) is 0 Å². The van der Waals surface area contributed by atoms with Crippen LogP contribution in [-0.2, 0) is 0 Å². The van der Waals surface area contributed by atoms with Crippen LogP contribution < -0.4 is 16.0 Å². The summed E-state index contributed by atoms with van der Waals surface area (Å²) in [6, 6.07) is 0.438. The van der Waals surface area contributed by atoms with Crippen molar-refractivity contribution < 1.29 is 0 Å². The average molecular weight is 207 g/mol. The lowest BCUT2D eigenvalue weighted by atomic mass is 10.1. The molecule has 0 aromatic carbocycles. The Labute approximate surface area is 89.7 Å². The van der Waals surface area contributed by atoms with Gasteiger partial charge in [-0.25, -0.2) is 4.98 Å². The van der Waals surface area contributed by atoms with Crippen molar-refractivity contribution in [1.82, 2.24) is 9.97 Å². The number of aromatic nitrogens is 2. The zero-order chi connectivity index (χ0) is 11.0. The molecule has 15 heavy (non-hydrogen) atoms. The average Bonchev–Trinajstić information content (AvgIpc) is 2.59.